The summed E-state index contributed by atoms with van der Waals surface area (Å²) in [7, 11) is 1.71. The summed E-state index contributed by atoms with van der Waals surface area (Å²) < 4.78 is 5.22. The highest BCUT2D eigenvalue weighted by Gasteiger charge is 2.06. The van der Waals surface area contributed by atoms with E-state index < -0.39 is 0 Å². The standard InChI is InChI=1S/C11H15NOS.ClH/c1-13-10-3-4-11-9(7-10)8-14-6-2-5-12-11;/h3-4,7,12H,2,5-6,8H2,1H3;1H. The Balaban J connectivity index is 0.00000112. The largest absolute Gasteiger partial charge is 0.497 e. The van der Waals surface area contributed by atoms with Crippen LogP contribution in [0.15, 0.2) is 18.2 Å². The molecule has 0 aliphatic carbocycles. The minimum atomic E-state index is 0. The van der Waals surface area contributed by atoms with Gasteiger partial charge in [-0.1, -0.05) is 0 Å². The van der Waals surface area contributed by atoms with Gasteiger partial charge in [0.05, 0.1) is 7.11 Å². The lowest BCUT2D eigenvalue weighted by Gasteiger charge is -2.16. The van der Waals surface area contributed by atoms with Gasteiger partial charge in [0.25, 0.3) is 0 Å². The van der Waals surface area contributed by atoms with Crippen molar-refractivity contribution in [3.8, 4) is 5.75 Å². The topological polar surface area (TPSA) is 21.3 Å². The second-order valence-corrected chi connectivity index (χ2v) is 4.46. The van der Waals surface area contributed by atoms with Crippen LogP contribution in [0.2, 0.25) is 0 Å². The zero-order valence-corrected chi connectivity index (χ0v) is 10.4. The number of rotatable bonds is 1. The molecule has 1 heterocycles. The van der Waals surface area contributed by atoms with Crippen LogP contribution in [0.5, 0.6) is 5.75 Å². The van der Waals surface area contributed by atoms with Crippen LogP contribution in [0.3, 0.4) is 0 Å². The third-order valence-electron chi connectivity index (χ3n) is 2.35. The molecule has 1 aromatic carbocycles. The van der Waals surface area contributed by atoms with Gasteiger partial charge in [-0.25, -0.2) is 0 Å². The van der Waals surface area contributed by atoms with E-state index in [-0.39, 0.29) is 12.4 Å². The molecule has 0 bridgehead atoms. The fourth-order valence-corrected chi connectivity index (χ4v) is 2.52. The first-order valence-corrected chi connectivity index (χ1v) is 6.04. The van der Waals surface area contributed by atoms with Crippen LogP contribution < -0.4 is 10.1 Å². The minimum Gasteiger partial charge on any atom is -0.497 e. The van der Waals surface area contributed by atoms with Crippen LogP contribution in [0, 0.1) is 0 Å². The molecule has 2 rings (SSSR count). The van der Waals surface area contributed by atoms with Gasteiger partial charge in [-0.3, -0.25) is 0 Å². The van der Waals surface area contributed by atoms with Gasteiger partial charge in [0.1, 0.15) is 5.75 Å². The number of benzene rings is 1. The molecule has 0 spiro atoms. The number of thioether (sulfide) groups is 1. The average molecular weight is 246 g/mol. The maximum Gasteiger partial charge on any atom is 0.119 e. The summed E-state index contributed by atoms with van der Waals surface area (Å²) in [6.45, 7) is 1.08. The molecule has 84 valence electrons. The van der Waals surface area contributed by atoms with Crippen molar-refractivity contribution < 1.29 is 4.74 Å². The molecular weight excluding hydrogens is 230 g/mol. The van der Waals surface area contributed by atoms with Crippen molar-refractivity contribution in [2.75, 3.05) is 24.7 Å². The van der Waals surface area contributed by atoms with Crippen molar-refractivity contribution in [2.24, 2.45) is 0 Å². The smallest absolute Gasteiger partial charge is 0.119 e. The number of ether oxygens (including phenoxy) is 1. The van der Waals surface area contributed by atoms with Gasteiger partial charge >= 0.3 is 0 Å². The zero-order chi connectivity index (χ0) is 9.80. The number of methoxy groups -OCH3 is 1. The molecule has 0 saturated heterocycles. The Labute approximate surface area is 101 Å². The summed E-state index contributed by atoms with van der Waals surface area (Å²) >= 11 is 2.00. The number of nitrogens with one attached hydrogen (secondary N) is 1. The normalized spacial score (nSPS) is 15.0. The molecule has 0 amide bonds. The van der Waals surface area contributed by atoms with E-state index in [0.29, 0.717) is 0 Å². The zero-order valence-electron chi connectivity index (χ0n) is 8.79. The predicted octanol–water partition coefficient (Wildman–Crippen LogP) is 3.17. The molecule has 1 aliphatic heterocycles. The van der Waals surface area contributed by atoms with E-state index in [2.05, 4.69) is 17.4 Å². The maximum absolute atomic E-state index is 5.22. The van der Waals surface area contributed by atoms with E-state index in [1.807, 2.05) is 17.8 Å². The van der Waals surface area contributed by atoms with Gasteiger partial charge in [0, 0.05) is 18.0 Å². The SMILES string of the molecule is COc1ccc2c(c1)CSCCCN2.Cl. The monoisotopic (exact) mass is 245 g/mol. The van der Waals surface area contributed by atoms with Crippen LogP contribution >= 0.6 is 24.2 Å². The van der Waals surface area contributed by atoms with Crippen LogP contribution in [0.1, 0.15) is 12.0 Å². The van der Waals surface area contributed by atoms with E-state index in [1.54, 1.807) is 7.11 Å². The Morgan fingerprint density at radius 3 is 3.07 bits per heavy atom. The summed E-state index contributed by atoms with van der Waals surface area (Å²) in [6, 6.07) is 6.25. The molecule has 4 heteroatoms. The fourth-order valence-electron chi connectivity index (χ4n) is 1.57. The quantitative estimate of drug-likeness (QED) is 0.821. The third kappa shape index (κ3) is 3.21. The maximum atomic E-state index is 5.22. The van der Waals surface area contributed by atoms with Crippen molar-refractivity contribution in [3.63, 3.8) is 0 Å². The number of fused-ring (bicyclic) bond motifs is 1. The van der Waals surface area contributed by atoms with E-state index in [4.69, 9.17) is 4.74 Å². The molecule has 1 aromatic rings. The van der Waals surface area contributed by atoms with E-state index in [0.717, 1.165) is 18.0 Å². The molecule has 0 aromatic heterocycles. The third-order valence-corrected chi connectivity index (χ3v) is 3.44. The van der Waals surface area contributed by atoms with Crippen molar-refractivity contribution >= 4 is 29.9 Å². The Hall–Kier alpha value is -0.540. The first kappa shape index (κ1) is 12.5. The molecule has 0 radical (unpaired) electrons. The number of hydrogen-bond acceptors (Lipinski definition) is 3. The Bertz CT molecular complexity index is 319. The minimum absolute atomic E-state index is 0. The van der Waals surface area contributed by atoms with Crippen molar-refractivity contribution in [3.05, 3.63) is 23.8 Å². The van der Waals surface area contributed by atoms with Crippen molar-refractivity contribution in [1.29, 1.82) is 0 Å². The molecule has 1 N–H and O–H groups in total. The lowest BCUT2D eigenvalue weighted by Crippen LogP contribution is -2.07. The van der Waals surface area contributed by atoms with Gasteiger partial charge < -0.3 is 10.1 Å². The lowest BCUT2D eigenvalue weighted by molar-refractivity contribution is 0.414. The predicted molar refractivity (Wildman–Crippen MR) is 69.5 cm³/mol. The van der Waals surface area contributed by atoms with Crippen LogP contribution in [0.4, 0.5) is 5.69 Å². The first-order chi connectivity index (χ1) is 6.90. The second-order valence-electron chi connectivity index (χ2n) is 3.36. The molecule has 15 heavy (non-hydrogen) atoms. The van der Waals surface area contributed by atoms with Crippen molar-refractivity contribution in [1.82, 2.24) is 0 Å². The molecule has 0 atom stereocenters. The van der Waals surface area contributed by atoms with Gasteiger partial charge in [-0.15, -0.1) is 12.4 Å². The fraction of sp³-hybridized carbons (Fsp3) is 0.455. The van der Waals surface area contributed by atoms with Gasteiger partial charge in [-0.05, 0) is 35.9 Å². The molecule has 0 unspecified atom stereocenters. The highest BCUT2D eigenvalue weighted by atomic mass is 35.5. The Morgan fingerprint density at radius 2 is 2.27 bits per heavy atom. The number of anilines is 1. The van der Waals surface area contributed by atoms with Gasteiger partial charge in [-0.2, -0.15) is 11.8 Å². The van der Waals surface area contributed by atoms with E-state index in [9.17, 15) is 0 Å². The summed E-state index contributed by atoms with van der Waals surface area (Å²) in [4.78, 5) is 0. The van der Waals surface area contributed by atoms with Crippen LogP contribution in [0.25, 0.3) is 0 Å². The molecule has 2 nitrogen and oxygen atoms in total. The Morgan fingerprint density at radius 1 is 1.40 bits per heavy atom. The van der Waals surface area contributed by atoms with Gasteiger partial charge in [0.2, 0.25) is 0 Å². The summed E-state index contributed by atoms with van der Waals surface area (Å²) in [5, 5.41) is 3.45. The highest BCUT2D eigenvalue weighted by Crippen LogP contribution is 2.27. The van der Waals surface area contributed by atoms with Gasteiger partial charge in [0.15, 0.2) is 0 Å². The second kappa shape index (κ2) is 6.13. The summed E-state index contributed by atoms with van der Waals surface area (Å²) in [5.74, 6) is 3.27. The van der Waals surface area contributed by atoms with Crippen LogP contribution in [-0.2, 0) is 5.75 Å². The number of hydrogen-bond donors (Lipinski definition) is 1. The average Bonchev–Trinajstić information content (AvgIpc) is 2.18. The van der Waals surface area contributed by atoms with Crippen molar-refractivity contribution in [2.45, 2.75) is 12.2 Å². The number of halogens is 1. The van der Waals surface area contributed by atoms with Crippen LogP contribution in [-0.4, -0.2) is 19.4 Å². The first-order valence-electron chi connectivity index (χ1n) is 4.88. The molecule has 0 saturated carbocycles. The summed E-state index contributed by atoms with van der Waals surface area (Å²) in [5.41, 5.74) is 2.62. The Kier molecular flexibility index (Phi) is 5.12. The summed E-state index contributed by atoms with van der Waals surface area (Å²) in [6.07, 6.45) is 1.25. The lowest BCUT2D eigenvalue weighted by atomic mass is 10.2. The van der Waals surface area contributed by atoms with E-state index >= 15 is 0 Å². The molecule has 1 aliphatic rings. The van der Waals surface area contributed by atoms with E-state index in [1.165, 1.54) is 23.4 Å². The molecular formula is C11H16ClNOS. The molecule has 0 fully saturated rings. The highest BCUT2D eigenvalue weighted by molar-refractivity contribution is 7.98.